The number of rotatable bonds is 6. The first-order chi connectivity index (χ1) is 13.7. The lowest BCUT2D eigenvalue weighted by Gasteiger charge is -2.11. The molecule has 4 aromatic heterocycles. The Morgan fingerprint density at radius 1 is 1.11 bits per heavy atom. The van der Waals surface area contributed by atoms with Crippen molar-refractivity contribution in [2.45, 2.75) is 26.4 Å². The highest BCUT2D eigenvalue weighted by molar-refractivity contribution is 5.84. The number of nitrogens with zero attached hydrogens (tertiary/aromatic N) is 6. The average molecular weight is 375 g/mol. The zero-order chi connectivity index (χ0) is 19.5. The number of nitrogens with two attached hydrogens (primary N) is 1. The van der Waals surface area contributed by atoms with Crippen molar-refractivity contribution in [3.63, 3.8) is 0 Å². The van der Waals surface area contributed by atoms with Gasteiger partial charge < -0.3 is 9.88 Å². The molecule has 9 heteroatoms. The smallest absolute Gasteiger partial charge is 0.241 e. The van der Waals surface area contributed by atoms with E-state index in [1.807, 2.05) is 35.0 Å². The van der Waals surface area contributed by atoms with E-state index in [-0.39, 0.29) is 6.04 Å². The highest BCUT2D eigenvalue weighted by atomic mass is 15.3. The van der Waals surface area contributed by atoms with Crippen molar-refractivity contribution >= 4 is 22.9 Å². The highest BCUT2D eigenvalue weighted by Crippen LogP contribution is 2.23. The summed E-state index contributed by atoms with van der Waals surface area (Å²) in [6, 6.07) is 8.10. The topological polar surface area (TPSA) is 119 Å². The zero-order valence-electron chi connectivity index (χ0n) is 15.7. The van der Waals surface area contributed by atoms with Gasteiger partial charge in [0.2, 0.25) is 5.95 Å². The summed E-state index contributed by atoms with van der Waals surface area (Å²) in [5.74, 6) is 6.49. The number of nitrogens with one attached hydrogen (secondary N) is 2. The fourth-order valence-corrected chi connectivity index (χ4v) is 2.88. The summed E-state index contributed by atoms with van der Waals surface area (Å²) in [7, 11) is 0. The van der Waals surface area contributed by atoms with Crippen molar-refractivity contribution < 1.29 is 0 Å². The highest BCUT2D eigenvalue weighted by Gasteiger charge is 2.14. The van der Waals surface area contributed by atoms with Gasteiger partial charge in [0.1, 0.15) is 0 Å². The van der Waals surface area contributed by atoms with Crippen LogP contribution in [-0.2, 0) is 6.54 Å². The Labute approximate surface area is 162 Å². The monoisotopic (exact) mass is 375 g/mol. The van der Waals surface area contributed by atoms with E-state index in [4.69, 9.17) is 5.84 Å². The van der Waals surface area contributed by atoms with E-state index >= 15 is 0 Å². The molecule has 4 aromatic rings. The van der Waals surface area contributed by atoms with Gasteiger partial charge in [-0.15, -0.1) is 0 Å². The molecule has 142 valence electrons. The van der Waals surface area contributed by atoms with Crippen LogP contribution in [0.5, 0.6) is 0 Å². The van der Waals surface area contributed by atoms with Crippen LogP contribution in [0.4, 0.5) is 11.8 Å². The molecule has 0 aliphatic heterocycles. The minimum absolute atomic E-state index is 0.225. The average Bonchev–Trinajstić information content (AvgIpc) is 3.17. The molecule has 0 aromatic carbocycles. The van der Waals surface area contributed by atoms with E-state index in [1.54, 1.807) is 18.7 Å². The van der Waals surface area contributed by atoms with Crippen LogP contribution in [0, 0.1) is 0 Å². The van der Waals surface area contributed by atoms with Crippen molar-refractivity contribution in [2.24, 2.45) is 5.84 Å². The summed E-state index contributed by atoms with van der Waals surface area (Å²) in [6.07, 6.45) is 7.14. The van der Waals surface area contributed by atoms with Crippen LogP contribution in [0.25, 0.3) is 22.4 Å². The van der Waals surface area contributed by atoms with Crippen molar-refractivity contribution in [3.05, 3.63) is 54.7 Å². The van der Waals surface area contributed by atoms with Gasteiger partial charge in [0.25, 0.3) is 0 Å². The molecule has 0 saturated carbocycles. The first-order valence-corrected chi connectivity index (χ1v) is 8.96. The Hall–Kier alpha value is -3.59. The van der Waals surface area contributed by atoms with Gasteiger partial charge in [-0.1, -0.05) is 6.07 Å². The van der Waals surface area contributed by atoms with E-state index in [1.165, 1.54) is 0 Å². The Morgan fingerprint density at radius 3 is 2.68 bits per heavy atom. The zero-order valence-corrected chi connectivity index (χ0v) is 15.7. The number of nitrogen functional groups attached to an aromatic ring is 1. The second kappa shape index (κ2) is 7.57. The Kier molecular flexibility index (Phi) is 4.81. The normalized spacial score (nSPS) is 11.1. The quantitative estimate of drug-likeness (QED) is 0.348. The molecule has 0 fully saturated rings. The van der Waals surface area contributed by atoms with E-state index < -0.39 is 0 Å². The molecule has 0 bridgehead atoms. The SMILES string of the molecule is CC(C)n1cnc2c(NCc3ccc(-c4cccnc4)nc3)nc(NN)nc21. The molecular formula is C19H21N9. The van der Waals surface area contributed by atoms with Crippen molar-refractivity contribution in [2.75, 3.05) is 10.7 Å². The third kappa shape index (κ3) is 3.47. The minimum Gasteiger partial charge on any atom is -0.364 e. The van der Waals surface area contributed by atoms with Gasteiger partial charge >= 0.3 is 0 Å². The van der Waals surface area contributed by atoms with Crippen LogP contribution in [0.1, 0.15) is 25.5 Å². The predicted octanol–water partition coefficient (Wildman–Crippen LogP) is 2.76. The number of anilines is 2. The molecule has 4 rings (SSSR count). The molecule has 4 heterocycles. The third-order valence-electron chi connectivity index (χ3n) is 4.35. The summed E-state index contributed by atoms with van der Waals surface area (Å²) in [4.78, 5) is 22.0. The molecule has 0 spiro atoms. The number of fused-ring (bicyclic) bond motifs is 1. The fraction of sp³-hybridized carbons (Fsp3) is 0.211. The number of imidazole rings is 1. The second-order valence-electron chi connectivity index (χ2n) is 6.60. The van der Waals surface area contributed by atoms with Crippen molar-refractivity contribution in [1.29, 1.82) is 0 Å². The lowest BCUT2D eigenvalue weighted by molar-refractivity contribution is 0.613. The van der Waals surface area contributed by atoms with Gasteiger partial charge in [0.05, 0.1) is 12.0 Å². The standard InChI is InChI=1S/C19H21N9/c1-12(2)28-11-24-16-17(25-19(27-20)26-18(16)28)23-9-13-5-6-15(22-8-13)14-4-3-7-21-10-14/h3-8,10-12H,9,20H2,1-2H3,(H2,23,25,26,27). The fourth-order valence-electron chi connectivity index (χ4n) is 2.88. The van der Waals surface area contributed by atoms with E-state index in [0.29, 0.717) is 23.8 Å². The third-order valence-corrected chi connectivity index (χ3v) is 4.35. The van der Waals surface area contributed by atoms with Gasteiger partial charge in [-0.2, -0.15) is 9.97 Å². The number of hydrazine groups is 1. The minimum atomic E-state index is 0.225. The van der Waals surface area contributed by atoms with Gasteiger partial charge in [0, 0.05) is 36.7 Å². The van der Waals surface area contributed by atoms with Crippen LogP contribution in [-0.4, -0.2) is 29.5 Å². The summed E-state index contributed by atoms with van der Waals surface area (Å²) < 4.78 is 1.98. The maximum atomic E-state index is 5.54. The molecular weight excluding hydrogens is 354 g/mol. The Balaban J connectivity index is 1.57. The molecule has 28 heavy (non-hydrogen) atoms. The van der Waals surface area contributed by atoms with Gasteiger partial charge in [0.15, 0.2) is 17.0 Å². The molecule has 4 N–H and O–H groups in total. The first kappa shape index (κ1) is 17.8. The number of hydrogen-bond acceptors (Lipinski definition) is 8. The Morgan fingerprint density at radius 2 is 2.00 bits per heavy atom. The summed E-state index contributed by atoms with van der Waals surface area (Å²) in [5.41, 5.74) is 6.83. The predicted molar refractivity (Wildman–Crippen MR) is 108 cm³/mol. The molecule has 0 saturated heterocycles. The molecule has 9 nitrogen and oxygen atoms in total. The van der Waals surface area contributed by atoms with Crippen LogP contribution in [0.3, 0.4) is 0 Å². The molecule has 0 unspecified atom stereocenters. The molecule has 0 aliphatic rings. The molecule has 0 atom stereocenters. The summed E-state index contributed by atoms with van der Waals surface area (Å²) in [5, 5.41) is 3.32. The van der Waals surface area contributed by atoms with Crippen molar-refractivity contribution in [3.8, 4) is 11.3 Å². The maximum absolute atomic E-state index is 5.54. The van der Waals surface area contributed by atoms with Crippen molar-refractivity contribution in [1.82, 2.24) is 29.5 Å². The van der Waals surface area contributed by atoms with Crippen LogP contribution in [0.15, 0.2) is 49.2 Å². The Bertz CT molecular complexity index is 1070. The first-order valence-electron chi connectivity index (χ1n) is 8.96. The van der Waals surface area contributed by atoms with Crippen LogP contribution >= 0.6 is 0 Å². The van der Waals surface area contributed by atoms with Gasteiger partial charge in [-0.3, -0.25) is 15.4 Å². The van der Waals surface area contributed by atoms with E-state index in [9.17, 15) is 0 Å². The lowest BCUT2D eigenvalue weighted by Crippen LogP contribution is -2.13. The van der Waals surface area contributed by atoms with E-state index in [0.717, 1.165) is 22.5 Å². The molecule has 0 aliphatic carbocycles. The maximum Gasteiger partial charge on any atom is 0.241 e. The number of hydrogen-bond donors (Lipinski definition) is 3. The molecule has 0 radical (unpaired) electrons. The van der Waals surface area contributed by atoms with Crippen LogP contribution < -0.4 is 16.6 Å². The number of pyridine rings is 2. The van der Waals surface area contributed by atoms with Gasteiger partial charge in [-0.05, 0) is 37.6 Å². The molecule has 0 amide bonds. The second-order valence-corrected chi connectivity index (χ2v) is 6.60. The van der Waals surface area contributed by atoms with Gasteiger partial charge in [-0.25, -0.2) is 10.8 Å². The lowest BCUT2D eigenvalue weighted by atomic mass is 10.1. The van der Waals surface area contributed by atoms with Crippen LogP contribution in [0.2, 0.25) is 0 Å². The largest absolute Gasteiger partial charge is 0.364 e. The summed E-state index contributed by atoms with van der Waals surface area (Å²) >= 11 is 0. The number of aromatic nitrogens is 6. The van der Waals surface area contributed by atoms with E-state index in [2.05, 4.69) is 49.5 Å². The summed E-state index contributed by atoms with van der Waals surface area (Å²) in [6.45, 7) is 4.69.